The van der Waals surface area contributed by atoms with Crippen molar-refractivity contribution in [2.75, 3.05) is 24.4 Å². The highest BCUT2D eigenvalue weighted by Gasteiger charge is 2.41. The lowest BCUT2D eigenvalue weighted by atomic mass is 9.78. The number of anilines is 2. The number of allylic oxidation sites excluding steroid dienone is 1. The zero-order valence-electron chi connectivity index (χ0n) is 22.9. The molecule has 2 aliphatic rings. The predicted molar refractivity (Wildman–Crippen MR) is 154 cm³/mol. The number of ketones is 1. The Labute approximate surface area is 230 Å². The third kappa shape index (κ3) is 5.29. The Morgan fingerprint density at radius 1 is 0.897 bits per heavy atom. The first kappa shape index (κ1) is 26.5. The van der Waals surface area contributed by atoms with Crippen molar-refractivity contribution >= 4 is 23.1 Å². The molecular formula is C33H36N2O4. The first-order valence-corrected chi connectivity index (χ1v) is 13.8. The number of amides is 1. The van der Waals surface area contributed by atoms with Crippen molar-refractivity contribution in [3.63, 3.8) is 0 Å². The summed E-state index contributed by atoms with van der Waals surface area (Å²) in [5.41, 5.74) is 5.09. The lowest BCUT2D eigenvalue weighted by Gasteiger charge is -2.35. The van der Waals surface area contributed by atoms with Crippen LogP contribution in [0.15, 0.2) is 84.1 Å². The zero-order chi connectivity index (χ0) is 27.4. The van der Waals surface area contributed by atoms with E-state index < -0.39 is 6.04 Å². The molecule has 0 saturated carbocycles. The Balaban J connectivity index is 1.69. The van der Waals surface area contributed by atoms with Crippen LogP contribution in [0.25, 0.3) is 0 Å². The van der Waals surface area contributed by atoms with E-state index in [2.05, 4.69) is 24.4 Å². The van der Waals surface area contributed by atoms with Crippen molar-refractivity contribution in [2.24, 2.45) is 0 Å². The van der Waals surface area contributed by atoms with Crippen molar-refractivity contribution in [3.05, 3.63) is 95.2 Å². The van der Waals surface area contributed by atoms with Gasteiger partial charge in [-0.25, -0.2) is 0 Å². The molecule has 1 heterocycles. The SMILES string of the molecule is CCCCCC(=O)N1c2ccccc2NC2=C(C(=O)C[C@H](c3ccccc3)C2)[C@H]1c1ccc(OC)c(OC)c1. The van der Waals surface area contributed by atoms with Gasteiger partial charge in [0.25, 0.3) is 0 Å². The fourth-order valence-electron chi connectivity index (χ4n) is 5.81. The van der Waals surface area contributed by atoms with Gasteiger partial charge in [0.2, 0.25) is 5.91 Å². The van der Waals surface area contributed by atoms with Crippen molar-refractivity contribution < 1.29 is 19.1 Å². The van der Waals surface area contributed by atoms with Gasteiger partial charge in [-0.2, -0.15) is 0 Å². The topological polar surface area (TPSA) is 67.9 Å². The number of benzene rings is 3. The van der Waals surface area contributed by atoms with Gasteiger partial charge in [0.05, 0.1) is 31.6 Å². The molecule has 5 rings (SSSR count). The van der Waals surface area contributed by atoms with Crippen LogP contribution in [0.4, 0.5) is 11.4 Å². The van der Waals surface area contributed by atoms with Crippen LogP contribution in [0.1, 0.15) is 68.5 Å². The summed E-state index contributed by atoms with van der Waals surface area (Å²) in [6.45, 7) is 2.13. The molecule has 1 aliphatic carbocycles. The van der Waals surface area contributed by atoms with Crippen LogP contribution in [-0.2, 0) is 9.59 Å². The van der Waals surface area contributed by atoms with E-state index >= 15 is 0 Å². The first-order chi connectivity index (χ1) is 19.0. The Bertz CT molecular complexity index is 1380. The number of methoxy groups -OCH3 is 2. The summed E-state index contributed by atoms with van der Waals surface area (Å²) in [5, 5.41) is 3.60. The molecule has 0 spiro atoms. The quantitative estimate of drug-likeness (QED) is 0.316. The number of fused-ring (bicyclic) bond motifs is 1. The smallest absolute Gasteiger partial charge is 0.227 e. The number of hydrogen-bond donors (Lipinski definition) is 1. The van der Waals surface area contributed by atoms with Crippen molar-refractivity contribution in [1.82, 2.24) is 0 Å². The van der Waals surface area contributed by atoms with E-state index in [1.54, 1.807) is 14.2 Å². The average Bonchev–Trinajstić information content (AvgIpc) is 3.12. The second kappa shape index (κ2) is 11.8. The number of hydrogen-bond acceptors (Lipinski definition) is 5. The molecular weight excluding hydrogens is 488 g/mol. The lowest BCUT2D eigenvalue weighted by Crippen LogP contribution is -2.38. The van der Waals surface area contributed by atoms with Crippen LogP contribution in [0.3, 0.4) is 0 Å². The highest BCUT2D eigenvalue weighted by Crippen LogP contribution is 2.48. The number of nitrogens with zero attached hydrogens (tertiary/aromatic N) is 1. The van der Waals surface area contributed by atoms with Gasteiger partial charge in [-0.05, 0) is 54.2 Å². The van der Waals surface area contributed by atoms with Crippen LogP contribution >= 0.6 is 0 Å². The summed E-state index contributed by atoms with van der Waals surface area (Å²) in [5.74, 6) is 1.28. The van der Waals surface area contributed by atoms with Crippen LogP contribution in [0, 0.1) is 0 Å². The third-order valence-corrected chi connectivity index (χ3v) is 7.75. The lowest BCUT2D eigenvalue weighted by molar-refractivity contribution is -0.119. The molecule has 0 fully saturated rings. The van der Waals surface area contributed by atoms with Gasteiger partial charge >= 0.3 is 0 Å². The number of carbonyl (C=O) groups excluding carboxylic acids is 2. The molecule has 1 N–H and O–H groups in total. The second-order valence-electron chi connectivity index (χ2n) is 10.2. The van der Waals surface area contributed by atoms with Crippen LogP contribution < -0.4 is 19.7 Å². The van der Waals surface area contributed by atoms with E-state index in [4.69, 9.17) is 9.47 Å². The number of nitrogens with one attached hydrogen (secondary N) is 1. The summed E-state index contributed by atoms with van der Waals surface area (Å²) in [6, 6.07) is 23.1. The average molecular weight is 525 g/mol. The van der Waals surface area contributed by atoms with Crippen molar-refractivity contribution in [3.8, 4) is 11.5 Å². The standard InChI is InChI=1S/C33H36N2O4/c1-4-5-7-16-31(37)35-27-15-11-10-14-25(27)34-26-19-24(22-12-8-6-9-13-22)20-28(36)32(26)33(35)23-17-18-29(38-2)30(21-23)39-3/h6,8-15,17-18,21,24,33-34H,4-5,7,16,19-20H2,1-3H3/t24-,33-/m1/s1. The molecule has 3 aromatic carbocycles. The number of carbonyl (C=O) groups is 2. The fourth-order valence-corrected chi connectivity index (χ4v) is 5.81. The Hall–Kier alpha value is -4.06. The largest absolute Gasteiger partial charge is 0.493 e. The van der Waals surface area contributed by atoms with E-state index in [1.807, 2.05) is 65.6 Å². The molecule has 3 aromatic rings. The maximum absolute atomic E-state index is 14.1. The second-order valence-corrected chi connectivity index (χ2v) is 10.2. The van der Waals surface area contributed by atoms with Crippen molar-refractivity contribution in [2.45, 2.75) is 57.4 Å². The van der Waals surface area contributed by atoms with Gasteiger partial charge in [-0.15, -0.1) is 0 Å². The molecule has 0 bridgehead atoms. The molecule has 0 radical (unpaired) electrons. The minimum atomic E-state index is -0.589. The molecule has 6 heteroatoms. The van der Waals surface area contributed by atoms with Gasteiger partial charge in [-0.1, -0.05) is 68.3 Å². The molecule has 0 aromatic heterocycles. The summed E-state index contributed by atoms with van der Waals surface area (Å²) in [6.07, 6.45) is 4.29. The molecule has 2 atom stereocenters. The summed E-state index contributed by atoms with van der Waals surface area (Å²) in [4.78, 5) is 30.0. The number of para-hydroxylation sites is 2. The van der Waals surface area contributed by atoms with E-state index in [-0.39, 0.29) is 17.6 Å². The molecule has 0 saturated heterocycles. The summed E-state index contributed by atoms with van der Waals surface area (Å²) in [7, 11) is 3.20. The van der Waals surface area contributed by atoms with Gasteiger partial charge in [0.15, 0.2) is 17.3 Å². The molecule has 1 aliphatic heterocycles. The van der Waals surface area contributed by atoms with Crippen LogP contribution in [0.5, 0.6) is 11.5 Å². The number of Topliss-reactive ketones (excluding diaryl/α,β-unsaturated/α-hetero) is 1. The zero-order valence-corrected chi connectivity index (χ0v) is 22.9. The van der Waals surface area contributed by atoms with E-state index in [9.17, 15) is 9.59 Å². The highest BCUT2D eigenvalue weighted by atomic mass is 16.5. The molecule has 6 nitrogen and oxygen atoms in total. The molecule has 39 heavy (non-hydrogen) atoms. The van der Waals surface area contributed by atoms with Gasteiger partial charge < -0.3 is 14.8 Å². The molecule has 0 unspecified atom stereocenters. The normalized spacial score (nSPS) is 18.5. The maximum atomic E-state index is 14.1. The third-order valence-electron chi connectivity index (χ3n) is 7.75. The van der Waals surface area contributed by atoms with Crippen LogP contribution in [0.2, 0.25) is 0 Å². The van der Waals surface area contributed by atoms with E-state index in [0.29, 0.717) is 36.3 Å². The van der Waals surface area contributed by atoms with Gasteiger partial charge in [0.1, 0.15) is 0 Å². The number of ether oxygens (including phenoxy) is 2. The van der Waals surface area contributed by atoms with Gasteiger partial charge in [-0.3, -0.25) is 14.5 Å². The summed E-state index contributed by atoms with van der Waals surface area (Å²) >= 11 is 0. The minimum absolute atomic E-state index is 0.00391. The highest BCUT2D eigenvalue weighted by molar-refractivity contribution is 6.06. The van der Waals surface area contributed by atoms with E-state index in [0.717, 1.165) is 47.5 Å². The first-order valence-electron chi connectivity index (χ1n) is 13.8. The minimum Gasteiger partial charge on any atom is -0.493 e. The maximum Gasteiger partial charge on any atom is 0.227 e. The number of rotatable bonds is 8. The Kier molecular flexibility index (Phi) is 8.01. The monoisotopic (exact) mass is 524 g/mol. The van der Waals surface area contributed by atoms with E-state index in [1.165, 1.54) is 0 Å². The van der Waals surface area contributed by atoms with Crippen LogP contribution in [-0.4, -0.2) is 25.9 Å². The molecule has 1 amide bonds. The van der Waals surface area contributed by atoms with Crippen molar-refractivity contribution in [1.29, 1.82) is 0 Å². The Morgan fingerprint density at radius 3 is 2.38 bits per heavy atom. The van der Waals surface area contributed by atoms with Gasteiger partial charge in [0, 0.05) is 24.1 Å². The predicted octanol–water partition coefficient (Wildman–Crippen LogP) is 7.18. The molecule has 202 valence electrons. The Morgan fingerprint density at radius 2 is 1.64 bits per heavy atom. The fraction of sp³-hybridized carbons (Fsp3) is 0.333. The summed E-state index contributed by atoms with van der Waals surface area (Å²) < 4.78 is 11.1. The number of unbranched alkanes of at least 4 members (excludes halogenated alkanes) is 2.